The Morgan fingerprint density at radius 2 is 2.13 bits per heavy atom. The molecule has 0 saturated heterocycles. The Morgan fingerprint density at radius 3 is 2.53 bits per heavy atom. The number of carboxylic acid groups (broad SMARTS) is 1. The zero-order chi connectivity index (χ0) is 11.5. The van der Waals surface area contributed by atoms with E-state index in [1.807, 2.05) is 0 Å². The summed E-state index contributed by atoms with van der Waals surface area (Å²) < 4.78 is 4.81. The van der Waals surface area contributed by atoms with Gasteiger partial charge in [-0.15, -0.1) is 0 Å². The van der Waals surface area contributed by atoms with Crippen LogP contribution in [0.25, 0.3) is 0 Å². The molecule has 1 atom stereocenters. The van der Waals surface area contributed by atoms with Gasteiger partial charge in [0.05, 0.1) is 0 Å². The van der Waals surface area contributed by atoms with E-state index in [1.165, 1.54) is 19.3 Å². The number of methoxy groups -OCH3 is 1. The summed E-state index contributed by atoms with van der Waals surface area (Å²) >= 11 is 0. The van der Waals surface area contributed by atoms with Gasteiger partial charge in [-0.25, -0.2) is 0 Å². The predicted octanol–water partition coefficient (Wildman–Crippen LogP) is -0.134. The minimum atomic E-state index is -1.37. The van der Waals surface area contributed by atoms with Gasteiger partial charge >= 0.3 is 5.97 Å². The lowest BCUT2D eigenvalue weighted by molar-refractivity contribution is -0.138. The molecule has 5 nitrogen and oxygen atoms in total. The van der Waals surface area contributed by atoms with Crippen molar-refractivity contribution in [3.8, 4) is 0 Å². The van der Waals surface area contributed by atoms with Crippen molar-refractivity contribution in [2.45, 2.75) is 18.2 Å². The van der Waals surface area contributed by atoms with Crippen LogP contribution >= 0.6 is 0 Å². The second-order valence-electron chi connectivity index (χ2n) is 3.52. The molecular weight excluding hydrogens is 198 g/mol. The fourth-order valence-electron chi connectivity index (χ4n) is 1.33. The van der Waals surface area contributed by atoms with Crippen LogP contribution in [-0.4, -0.2) is 35.1 Å². The summed E-state index contributed by atoms with van der Waals surface area (Å²) in [5.74, 6) is -2.47. The average Bonchev–Trinajstić information content (AvgIpc) is 2.21. The quantitative estimate of drug-likeness (QED) is 0.446. The number of aliphatic carboxylic acids is 1. The van der Waals surface area contributed by atoms with Gasteiger partial charge in [-0.3, -0.25) is 4.79 Å². The molecule has 0 fully saturated rings. The molecule has 0 heterocycles. The van der Waals surface area contributed by atoms with E-state index in [0.29, 0.717) is 6.42 Å². The van der Waals surface area contributed by atoms with Crippen molar-refractivity contribution in [2.75, 3.05) is 7.11 Å². The first-order valence-electron chi connectivity index (χ1n) is 4.61. The molecule has 0 unspecified atom stereocenters. The first-order chi connectivity index (χ1) is 6.97. The van der Waals surface area contributed by atoms with Crippen molar-refractivity contribution in [2.24, 2.45) is 11.7 Å². The second kappa shape index (κ2) is 4.57. The summed E-state index contributed by atoms with van der Waals surface area (Å²) in [4.78, 5) is 10.5. The van der Waals surface area contributed by atoms with Gasteiger partial charge in [-0.2, -0.15) is 0 Å². The topological polar surface area (TPSA) is 92.8 Å². The Bertz CT molecular complexity index is 284. The number of carboxylic acids is 1. The summed E-state index contributed by atoms with van der Waals surface area (Å²) in [5, 5.41) is 18.2. The maximum Gasteiger partial charge on any atom is 0.320 e. The molecule has 1 aliphatic rings. The van der Waals surface area contributed by atoms with Gasteiger partial charge in [0, 0.05) is 7.11 Å². The van der Waals surface area contributed by atoms with Crippen molar-refractivity contribution in [1.82, 2.24) is 0 Å². The van der Waals surface area contributed by atoms with Crippen molar-refractivity contribution < 1.29 is 19.7 Å². The van der Waals surface area contributed by atoms with Crippen LogP contribution in [0, 0.1) is 5.92 Å². The van der Waals surface area contributed by atoms with Crippen molar-refractivity contribution in [3.05, 3.63) is 24.3 Å². The molecule has 0 saturated carbocycles. The molecule has 15 heavy (non-hydrogen) atoms. The van der Waals surface area contributed by atoms with Crippen molar-refractivity contribution in [3.63, 3.8) is 0 Å². The molecule has 4 N–H and O–H groups in total. The summed E-state index contributed by atoms with van der Waals surface area (Å²) in [7, 11) is 1.39. The maximum absolute atomic E-state index is 10.5. The van der Waals surface area contributed by atoms with Gasteiger partial charge in [0.1, 0.15) is 6.04 Å². The zero-order valence-electron chi connectivity index (χ0n) is 8.46. The highest BCUT2D eigenvalue weighted by molar-refractivity contribution is 5.73. The first-order valence-corrected chi connectivity index (χ1v) is 4.61. The molecule has 0 aromatic rings. The van der Waals surface area contributed by atoms with Crippen LogP contribution in [0.4, 0.5) is 0 Å². The van der Waals surface area contributed by atoms with Gasteiger partial charge in [0.15, 0.2) is 0 Å². The molecule has 0 aliphatic heterocycles. The largest absolute Gasteiger partial charge is 0.480 e. The van der Waals surface area contributed by atoms with Crippen LogP contribution in [-0.2, 0) is 9.53 Å². The van der Waals surface area contributed by atoms with E-state index in [2.05, 4.69) is 0 Å². The highest BCUT2D eigenvalue weighted by atomic mass is 16.6. The Morgan fingerprint density at radius 1 is 1.60 bits per heavy atom. The fourth-order valence-corrected chi connectivity index (χ4v) is 1.33. The molecule has 0 bridgehead atoms. The summed E-state index contributed by atoms with van der Waals surface area (Å²) in [6.45, 7) is 0. The van der Waals surface area contributed by atoms with E-state index in [1.54, 1.807) is 12.2 Å². The van der Waals surface area contributed by atoms with E-state index in [4.69, 9.17) is 15.6 Å². The number of allylic oxidation sites excluding steroid dienone is 2. The third-order valence-corrected chi connectivity index (χ3v) is 2.33. The number of hydrogen-bond donors (Lipinski definition) is 3. The number of carbonyl (C=O) groups is 1. The molecule has 0 aromatic carbocycles. The second-order valence-corrected chi connectivity index (χ2v) is 3.52. The third-order valence-electron chi connectivity index (χ3n) is 2.33. The Balaban J connectivity index is 2.54. The number of nitrogens with two attached hydrogens (primary N) is 1. The van der Waals surface area contributed by atoms with Gasteiger partial charge in [0.25, 0.3) is 0 Å². The van der Waals surface area contributed by atoms with E-state index in [-0.39, 0.29) is 5.92 Å². The molecule has 1 aliphatic carbocycles. The maximum atomic E-state index is 10.5. The number of aliphatic hydroxyl groups is 1. The van der Waals surface area contributed by atoms with Crippen molar-refractivity contribution in [1.29, 1.82) is 0 Å². The van der Waals surface area contributed by atoms with Gasteiger partial charge in [-0.05, 0) is 24.5 Å². The van der Waals surface area contributed by atoms with Crippen LogP contribution in [0.5, 0.6) is 0 Å². The van der Waals surface area contributed by atoms with E-state index in [9.17, 15) is 9.90 Å². The van der Waals surface area contributed by atoms with Gasteiger partial charge < -0.3 is 20.7 Å². The van der Waals surface area contributed by atoms with Crippen LogP contribution in [0.1, 0.15) is 6.42 Å². The normalized spacial score (nSPS) is 31.5. The highest BCUT2D eigenvalue weighted by Gasteiger charge is 2.24. The number of rotatable bonds is 4. The zero-order valence-corrected chi connectivity index (χ0v) is 8.46. The van der Waals surface area contributed by atoms with Gasteiger partial charge in [0.2, 0.25) is 5.79 Å². The van der Waals surface area contributed by atoms with E-state index in [0.717, 1.165) is 0 Å². The van der Waals surface area contributed by atoms with Crippen LogP contribution in [0.2, 0.25) is 0 Å². The molecule has 0 radical (unpaired) electrons. The average molecular weight is 213 g/mol. The molecular formula is C10H15NO4. The third kappa shape index (κ3) is 3.16. The summed E-state index contributed by atoms with van der Waals surface area (Å²) in [5.41, 5.74) is 5.39. The summed E-state index contributed by atoms with van der Waals surface area (Å²) in [6.07, 6.45) is 6.64. The lowest BCUT2D eigenvalue weighted by Crippen LogP contribution is -2.33. The minimum Gasteiger partial charge on any atom is -0.480 e. The molecule has 5 heteroatoms. The minimum absolute atomic E-state index is 0.0773. The molecule has 84 valence electrons. The predicted molar refractivity (Wildman–Crippen MR) is 54.0 cm³/mol. The Labute approximate surface area is 87.8 Å². The van der Waals surface area contributed by atoms with Gasteiger partial charge in [-0.1, -0.05) is 12.2 Å². The van der Waals surface area contributed by atoms with Crippen molar-refractivity contribution >= 4 is 5.97 Å². The molecule has 0 amide bonds. The highest BCUT2D eigenvalue weighted by Crippen LogP contribution is 2.21. The SMILES string of the molecule is COC1(O)C=CC(C[C@H](N)C(=O)O)C=C1. The Kier molecular flexibility index (Phi) is 3.62. The number of hydrogen-bond acceptors (Lipinski definition) is 4. The van der Waals surface area contributed by atoms with E-state index >= 15 is 0 Å². The number of ether oxygens (including phenoxy) is 1. The monoisotopic (exact) mass is 213 g/mol. The lowest BCUT2D eigenvalue weighted by Gasteiger charge is -2.24. The van der Waals surface area contributed by atoms with Crippen LogP contribution < -0.4 is 5.73 Å². The van der Waals surface area contributed by atoms with Crippen LogP contribution in [0.15, 0.2) is 24.3 Å². The molecule has 1 rings (SSSR count). The van der Waals surface area contributed by atoms with E-state index < -0.39 is 17.8 Å². The first kappa shape index (κ1) is 11.9. The Hall–Kier alpha value is -1.17. The van der Waals surface area contributed by atoms with Crippen LogP contribution in [0.3, 0.4) is 0 Å². The molecule has 0 spiro atoms. The standard InChI is InChI=1S/C10H15NO4/c1-15-10(14)4-2-7(3-5-10)6-8(11)9(12)13/h2-5,7-8,14H,6,11H2,1H3,(H,12,13)/t7?,8-,10?/m0/s1. The smallest absolute Gasteiger partial charge is 0.320 e. The lowest BCUT2D eigenvalue weighted by atomic mass is 9.94. The molecule has 0 aromatic heterocycles. The summed E-state index contributed by atoms with van der Waals surface area (Å²) in [6, 6.07) is -0.891. The fraction of sp³-hybridized carbons (Fsp3) is 0.500.